The normalized spacial score (nSPS) is 18.8. The summed E-state index contributed by atoms with van der Waals surface area (Å²) in [4.78, 5) is 2.95. The standard InChI is InChI=1S/C23H29NO3S.CH4O3S/c1-24(13-11-17-9-10-23-18(15-17)12-14-28(23,25)26)16-19-5-3-7-21-20(19)6-4-8-22(21)27-2;1-5(2,3)4/h4,6,8-10,15,19H,3,5,7,11-14,16H2,1-2H3;1H3,(H,2,3,4)/t19-;/m0./s1. The molecule has 182 valence electrons. The molecule has 0 amide bonds. The van der Waals surface area contributed by atoms with Crippen LogP contribution in [-0.4, -0.2) is 65.5 Å². The van der Waals surface area contributed by atoms with E-state index in [4.69, 9.17) is 9.29 Å². The highest BCUT2D eigenvalue weighted by Crippen LogP contribution is 2.37. The van der Waals surface area contributed by atoms with Gasteiger partial charge in [-0.25, -0.2) is 8.42 Å². The summed E-state index contributed by atoms with van der Waals surface area (Å²) in [5, 5.41) is 0. The van der Waals surface area contributed by atoms with Crippen LogP contribution < -0.4 is 4.74 Å². The zero-order valence-electron chi connectivity index (χ0n) is 19.5. The van der Waals surface area contributed by atoms with Gasteiger partial charge in [0.25, 0.3) is 10.1 Å². The Kier molecular flexibility index (Phi) is 8.21. The maximum Gasteiger partial charge on any atom is 0.261 e. The van der Waals surface area contributed by atoms with Crippen LogP contribution >= 0.6 is 0 Å². The Morgan fingerprint density at radius 1 is 1.18 bits per heavy atom. The molecule has 0 fully saturated rings. The fourth-order valence-electron chi connectivity index (χ4n) is 4.72. The van der Waals surface area contributed by atoms with Gasteiger partial charge in [0.2, 0.25) is 0 Å². The zero-order valence-corrected chi connectivity index (χ0v) is 21.1. The van der Waals surface area contributed by atoms with Gasteiger partial charge in [-0.3, -0.25) is 4.55 Å². The van der Waals surface area contributed by atoms with E-state index in [-0.39, 0.29) is 5.75 Å². The quantitative estimate of drug-likeness (QED) is 0.615. The first-order chi connectivity index (χ1) is 15.5. The smallest absolute Gasteiger partial charge is 0.261 e. The fourth-order valence-corrected chi connectivity index (χ4v) is 6.27. The molecule has 1 aliphatic heterocycles. The third-order valence-electron chi connectivity index (χ3n) is 6.22. The summed E-state index contributed by atoms with van der Waals surface area (Å²) in [7, 11) is -2.75. The minimum atomic E-state index is -3.67. The van der Waals surface area contributed by atoms with Gasteiger partial charge in [0.05, 0.1) is 24.0 Å². The summed E-state index contributed by atoms with van der Waals surface area (Å²) in [6.07, 6.45) is 5.86. The summed E-state index contributed by atoms with van der Waals surface area (Å²) in [6, 6.07) is 12.3. The number of nitrogens with zero attached hydrogens (tertiary/aromatic N) is 1. The van der Waals surface area contributed by atoms with Crippen molar-refractivity contribution in [3.8, 4) is 5.75 Å². The second kappa shape index (κ2) is 10.5. The predicted octanol–water partition coefficient (Wildman–Crippen LogP) is 3.12. The first-order valence-electron chi connectivity index (χ1n) is 11.1. The monoisotopic (exact) mass is 495 g/mol. The number of hydrogen-bond acceptors (Lipinski definition) is 6. The number of methoxy groups -OCH3 is 1. The molecule has 0 saturated heterocycles. The lowest BCUT2D eigenvalue weighted by Gasteiger charge is -2.30. The lowest BCUT2D eigenvalue weighted by Crippen LogP contribution is -2.28. The van der Waals surface area contributed by atoms with E-state index < -0.39 is 20.0 Å². The lowest BCUT2D eigenvalue weighted by atomic mass is 9.82. The van der Waals surface area contributed by atoms with Gasteiger partial charge in [-0.2, -0.15) is 8.42 Å². The van der Waals surface area contributed by atoms with Gasteiger partial charge in [0.1, 0.15) is 5.75 Å². The van der Waals surface area contributed by atoms with E-state index in [1.807, 2.05) is 6.07 Å². The highest BCUT2D eigenvalue weighted by Gasteiger charge is 2.26. The molecule has 0 bridgehead atoms. The average Bonchev–Trinajstić information content (AvgIpc) is 3.05. The maximum atomic E-state index is 12.0. The first-order valence-corrected chi connectivity index (χ1v) is 14.6. The molecule has 1 atom stereocenters. The van der Waals surface area contributed by atoms with Crippen molar-refractivity contribution in [2.45, 2.75) is 42.9 Å². The van der Waals surface area contributed by atoms with Crippen molar-refractivity contribution in [2.75, 3.05) is 39.3 Å². The zero-order chi connectivity index (χ0) is 24.2. The van der Waals surface area contributed by atoms with Crippen LogP contribution in [0.5, 0.6) is 5.75 Å². The molecule has 33 heavy (non-hydrogen) atoms. The van der Waals surface area contributed by atoms with E-state index in [0.29, 0.717) is 23.5 Å². The summed E-state index contributed by atoms with van der Waals surface area (Å²) in [5.41, 5.74) is 5.05. The Morgan fingerprint density at radius 2 is 1.91 bits per heavy atom. The Bertz CT molecular complexity index is 1180. The minimum Gasteiger partial charge on any atom is -0.496 e. The van der Waals surface area contributed by atoms with Crippen molar-refractivity contribution < 1.29 is 26.1 Å². The first kappa shape index (κ1) is 25.7. The van der Waals surface area contributed by atoms with E-state index in [2.05, 4.69) is 36.2 Å². The van der Waals surface area contributed by atoms with Gasteiger partial charge in [-0.1, -0.05) is 24.3 Å². The molecular formula is C24H33NO6S2. The Hall–Kier alpha value is -1.94. The van der Waals surface area contributed by atoms with Crippen molar-refractivity contribution in [3.05, 3.63) is 58.7 Å². The van der Waals surface area contributed by atoms with Crippen molar-refractivity contribution in [1.29, 1.82) is 0 Å². The molecule has 1 N–H and O–H groups in total. The molecule has 0 unspecified atom stereocenters. The molecule has 7 nitrogen and oxygen atoms in total. The number of hydrogen-bond donors (Lipinski definition) is 1. The molecule has 1 aliphatic carbocycles. The predicted molar refractivity (Wildman–Crippen MR) is 130 cm³/mol. The largest absolute Gasteiger partial charge is 0.496 e. The molecule has 0 aromatic heterocycles. The van der Waals surface area contributed by atoms with Crippen LogP contribution in [-0.2, 0) is 39.2 Å². The molecule has 1 heterocycles. The highest BCUT2D eigenvalue weighted by molar-refractivity contribution is 7.91. The number of likely N-dealkylation sites (N-methyl/N-ethyl adjacent to an activating group) is 1. The van der Waals surface area contributed by atoms with E-state index >= 15 is 0 Å². The number of fused-ring (bicyclic) bond motifs is 2. The van der Waals surface area contributed by atoms with E-state index in [1.165, 1.54) is 29.5 Å². The fraction of sp³-hybridized carbons (Fsp3) is 0.500. The molecule has 4 rings (SSSR count). The Balaban J connectivity index is 0.000000555. The maximum absolute atomic E-state index is 12.0. The number of sulfone groups is 1. The topological polar surface area (TPSA) is 101 Å². The van der Waals surface area contributed by atoms with Gasteiger partial charge in [0, 0.05) is 13.1 Å². The highest BCUT2D eigenvalue weighted by atomic mass is 32.2. The van der Waals surface area contributed by atoms with Crippen molar-refractivity contribution >= 4 is 20.0 Å². The Morgan fingerprint density at radius 3 is 2.61 bits per heavy atom. The van der Waals surface area contributed by atoms with E-state index in [0.717, 1.165) is 37.2 Å². The van der Waals surface area contributed by atoms with E-state index in [1.54, 1.807) is 13.2 Å². The summed E-state index contributed by atoms with van der Waals surface area (Å²) >= 11 is 0. The number of aryl methyl sites for hydroxylation is 1. The average molecular weight is 496 g/mol. The van der Waals surface area contributed by atoms with Gasteiger partial charge < -0.3 is 9.64 Å². The van der Waals surface area contributed by atoms with Crippen LogP contribution in [0, 0.1) is 0 Å². The molecule has 0 radical (unpaired) electrons. The van der Waals surface area contributed by atoms with Crippen LogP contribution in [0.25, 0.3) is 0 Å². The van der Waals surface area contributed by atoms with Gasteiger partial charge in [-0.15, -0.1) is 0 Å². The number of rotatable bonds is 6. The number of ether oxygens (including phenoxy) is 1. The minimum absolute atomic E-state index is 0.260. The second-order valence-corrected chi connectivity index (χ2v) is 12.4. The summed E-state index contributed by atoms with van der Waals surface area (Å²) in [5.74, 6) is 1.84. The molecule has 2 aliphatic rings. The van der Waals surface area contributed by atoms with Crippen molar-refractivity contribution in [1.82, 2.24) is 4.90 Å². The second-order valence-electron chi connectivity index (χ2n) is 8.87. The Labute approximate surface area is 197 Å². The molecule has 0 saturated carbocycles. The van der Waals surface area contributed by atoms with Crippen LogP contribution in [0.4, 0.5) is 0 Å². The summed E-state index contributed by atoms with van der Waals surface area (Å²) in [6.45, 7) is 2.01. The lowest BCUT2D eigenvalue weighted by molar-refractivity contribution is 0.299. The molecular weight excluding hydrogens is 462 g/mol. The molecule has 2 aromatic rings. The van der Waals surface area contributed by atoms with Crippen LogP contribution in [0.15, 0.2) is 41.3 Å². The third-order valence-corrected chi connectivity index (χ3v) is 8.03. The van der Waals surface area contributed by atoms with Gasteiger partial charge in [0.15, 0.2) is 9.84 Å². The van der Waals surface area contributed by atoms with Crippen LogP contribution in [0.2, 0.25) is 0 Å². The number of benzene rings is 2. The van der Waals surface area contributed by atoms with Gasteiger partial charge in [-0.05, 0) is 79.5 Å². The van der Waals surface area contributed by atoms with Crippen molar-refractivity contribution in [2.24, 2.45) is 0 Å². The van der Waals surface area contributed by atoms with Crippen LogP contribution in [0.1, 0.15) is 41.0 Å². The third kappa shape index (κ3) is 7.02. The SMILES string of the molecule is COc1cccc2c1CCC[C@H]2CN(C)CCc1ccc2c(c1)CCS2(=O)=O.CS(=O)(=O)O. The van der Waals surface area contributed by atoms with Crippen LogP contribution in [0.3, 0.4) is 0 Å². The molecule has 0 spiro atoms. The van der Waals surface area contributed by atoms with E-state index in [9.17, 15) is 16.8 Å². The van der Waals surface area contributed by atoms with Crippen molar-refractivity contribution in [3.63, 3.8) is 0 Å². The summed E-state index contributed by atoms with van der Waals surface area (Å²) < 4.78 is 55.4. The molecule has 9 heteroatoms. The molecule has 2 aromatic carbocycles. The van der Waals surface area contributed by atoms with Gasteiger partial charge >= 0.3 is 0 Å².